The Hall–Kier alpha value is -3.01. The van der Waals surface area contributed by atoms with Crippen molar-refractivity contribution in [2.75, 3.05) is 12.3 Å². The summed E-state index contributed by atoms with van der Waals surface area (Å²) in [5.74, 6) is -1.00. The third kappa shape index (κ3) is 4.28. The van der Waals surface area contributed by atoms with Crippen molar-refractivity contribution in [2.45, 2.75) is 11.2 Å². The quantitative estimate of drug-likeness (QED) is 0.700. The molecule has 0 atom stereocenters. The zero-order valence-corrected chi connectivity index (χ0v) is 15.1. The smallest absolute Gasteiger partial charge is 0.351 e. The molecule has 0 aliphatic carbocycles. The monoisotopic (exact) mass is 409 g/mol. The molecular weight excluding hydrogens is 395 g/mol. The highest BCUT2D eigenvalue weighted by atomic mass is 32.2. The first-order chi connectivity index (χ1) is 13.2. The van der Waals surface area contributed by atoms with Gasteiger partial charge in [0.2, 0.25) is 0 Å². The van der Waals surface area contributed by atoms with Crippen molar-refractivity contribution in [2.24, 2.45) is 0 Å². The lowest BCUT2D eigenvalue weighted by Gasteiger charge is -2.09. The Balaban J connectivity index is 1.67. The third-order valence-corrected chi connectivity index (χ3v) is 5.54. The van der Waals surface area contributed by atoms with E-state index in [0.29, 0.717) is 23.3 Å². The number of sulfone groups is 1. The number of hydrogen-bond donors (Lipinski definition) is 1. The molecule has 0 aliphatic heterocycles. The minimum atomic E-state index is -4.60. The Bertz CT molecular complexity index is 1110. The fourth-order valence-corrected chi connectivity index (χ4v) is 3.59. The second kappa shape index (κ2) is 7.55. The number of carbonyl (C=O) groups excluding carboxylic acids is 1. The SMILES string of the molecule is O=C(NCCS(=O)(=O)c1ccc(C(F)(F)F)cn1)c1cccc2cccnc12. The van der Waals surface area contributed by atoms with E-state index >= 15 is 0 Å². The van der Waals surface area contributed by atoms with Crippen LogP contribution < -0.4 is 5.32 Å². The molecule has 1 N–H and O–H groups in total. The van der Waals surface area contributed by atoms with Gasteiger partial charge in [-0.05, 0) is 24.3 Å². The Labute approximate surface area is 158 Å². The van der Waals surface area contributed by atoms with E-state index in [0.717, 1.165) is 11.5 Å². The summed E-state index contributed by atoms with van der Waals surface area (Å²) in [6, 6.07) is 10.0. The summed E-state index contributed by atoms with van der Waals surface area (Å²) < 4.78 is 62.0. The van der Waals surface area contributed by atoms with Gasteiger partial charge < -0.3 is 5.32 Å². The fourth-order valence-electron chi connectivity index (χ4n) is 2.52. The maximum absolute atomic E-state index is 12.5. The molecule has 0 spiro atoms. The highest BCUT2D eigenvalue weighted by Crippen LogP contribution is 2.28. The number of pyridine rings is 2. The second-order valence-electron chi connectivity index (χ2n) is 5.84. The molecule has 0 radical (unpaired) electrons. The molecule has 3 aromatic rings. The molecule has 146 valence electrons. The maximum atomic E-state index is 12.5. The first kappa shape index (κ1) is 19.7. The van der Waals surface area contributed by atoms with Gasteiger partial charge in [0.1, 0.15) is 0 Å². The number of rotatable bonds is 5. The first-order valence-corrected chi connectivity index (χ1v) is 9.72. The van der Waals surface area contributed by atoms with Gasteiger partial charge in [-0.3, -0.25) is 9.78 Å². The molecule has 1 amide bonds. The van der Waals surface area contributed by atoms with Gasteiger partial charge in [0.15, 0.2) is 14.9 Å². The number of halogens is 3. The van der Waals surface area contributed by atoms with E-state index in [-0.39, 0.29) is 6.54 Å². The van der Waals surface area contributed by atoms with Crippen molar-refractivity contribution in [3.05, 3.63) is 66.0 Å². The van der Waals surface area contributed by atoms with E-state index < -0.39 is 38.3 Å². The molecule has 0 aliphatic rings. The van der Waals surface area contributed by atoms with Crippen molar-refractivity contribution < 1.29 is 26.4 Å². The number of nitrogens with zero attached hydrogens (tertiary/aromatic N) is 2. The maximum Gasteiger partial charge on any atom is 0.417 e. The lowest BCUT2D eigenvalue weighted by Crippen LogP contribution is -2.29. The zero-order valence-electron chi connectivity index (χ0n) is 14.3. The van der Waals surface area contributed by atoms with Crippen LogP contribution in [0.5, 0.6) is 0 Å². The molecule has 6 nitrogen and oxygen atoms in total. The molecule has 0 fully saturated rings. The van der Waals surface area contributed by atoms with Crippen LogP contribution in [0.2, 0.25) is 0 Å². The fraction of sp³-hybridized carbons (Fsp3) is 0.167. The number of nitrogens with one attached hydrogen (secondary N) is 1. The number of aromatic nitrogens is 2. The molecular formula is C18H14F3N3O3S. The highest BCUT2D eigenvalue weighted by molar-refractivity contribution is 7.91. The average molecular weight is 409 g/mol. The number of fused-ring (bicyclic) bond motifs is 1. The van der Waals surface area contributed by atoms with Crippen molar-refractivity contribution in [1.29, 1.82) is 0 Å². The number of alkyl halides is 3. The van der Waals surface area contributed by atoms with Crippen LogP contribution in [0.4, 0.5) is 13.2 Å². The van der Waals surface area contributed by atoms with Crippen LogP contribution in [0.15, 0.2) is 59.9 Å². The number of benzene rings is 1. The third-order valence-electron chi connectivity index (χ3n) is 3.92. The van der Waals surface area contributed by atoms with Gasteiger partial charge in [0.25, 0.3) is 5.91 Å². The molecule has 1 aromatic carbocycles. The Morgan fingerprint density at radius 2 is 1.79 bits per heavy atom. The van der Waals surface area contributed by atoms with Crippen LogP contribution in [0.3, 0.4) is 0 Å². The number of para-hydroxylation sites is 1. The predicted octanol–water partition coefficient (Wildman–Crippen LogP) is 2.85. The van der Waals surface area contributed by atoms with Crippen LogP contribution in [0.25, 0.3) is 10.9 Å². The summed E-state index contributed by atoms with van der Waals surface area (Å²) in [5.41, 5.74) is -0.263. The molecule has 3 rings (SSSR count). The molecule has 10 heteroatoms. The van der Waals surface area contributed by atoms with E-state index in [1.54, 1.807) is 36.5 Å². The number of carbonyl (C=O) groups is 1. The first-order valence-electron chi connectivity index (χ1n) is 8.06. The summed E-state index contributed by atoms with van der Waals surface area (Å²) >= 11 is 0. The standard InChI is InChI=1S/C18H14F3N3O3S/c19-18(20,21)13-6-7-15(24-11-13)28(26,27)10-9-23-17(25)14-5-1-3-12-4-2-8-22-16(12)14/h1-8,11H,9-10H2,(H,23,25). The molecule has 0 unspecified atom stereocenters. The van der Waals surface area contributed by atoms with Gasteiger partial charge >= 0.3 is 6.18 Å². The van der Waals surface area contributed by atoms with E-state index in [2.05, 4.69) is 15.3 Å². The summed E-state index contributed by atoms with van der Waals surface area (Å²) in [5, 5.41) is 2.76. The Morgan fingerprint density at radius 1 is 1.04 bits per heavy atom. The number of hydrogen-bond acceptors (Lipinski definition) is 5. The molecule has 0 saturated heterocycles. The topological polar surface area (TPSA) is 89.0 Å². The van der Waals surface area contributed by atoms with Gasteiger partial charge in [0.05, 0.1) is 22.4 Å². The predicted molar refractivity (Wildman–Crippen MR) is 95.4 cm³/mol. The molecule has 2 aromatic heterocycles. The molecule has 28 heavy (non-hydrogen) atoms. The van der Waals surface area contributed by atoms with Crippen molar-refractivity contribution >= 4 is 26.6 Å². The summed E-state index contributed by atoms with van der Waals surface area (Å²) in [6.07, 6.45) is -2.59. The minimum Gasteiger partial charge on any atom is -0.351 e. The van der Waals surface area contributed by atoms with E-state index in [9.17, 15) is 26.4 Å². The average Bonchev–Trinajstić information content (AvgIpc) is 2.66. The van der Waals surface area contributed by atoms with Crippen LogP contribution >= 0.6 is 0 Å². The van der Waals surface area contributed by atoms with Crippen LogP contribution in [0, 0.1) is 0 Å². The van der Waals surface area contributed by atoms with Gasteiger partial charge in [-0.1, -0.05) is 18.2 Å². The summed E-state index contributed by atoms with van der Waals surface area (Å²) in [7, 11) is -3.95. The molecule has 0 saturated carbocycles. The van der Waals surface area contributed by atoms with Crippen LogP contribution in [0.1, 0.15) is 15.9 Å². The summed E-state index contributed by atoms with van der Waals surface area (Å²) in [4.78, 5) is 19.9. The van der Waals surface area contributed by atoms with Gasteiger partial charge in [0, 0.05) is 24.3 Å². The molecule has 0 bridgehead atoms. The second-order valence-corrected chi connectivity index (χ2v) is 7.89. The van der Waals surface area contributed by atoms with Gasteiger partial charge in [-0.15, -0.1) is 0 Å². The van der Waals surface area contributed by atoms with Crippen molar-refractivity contribution in [3.8, 4) is 0 Å². The van der Waals surface area contributed by atoms with Crippen LogP contribution in [-0.2, 0) is 16.0 Å². The van der Waals surface area contributed by atoms with E-state index in [4.69, 9.17) is 0 Å². The lowest BCUT2D eigenvalue weighted by molar-refractivity contribution is -0.137. The normalized spacial score (nSPS) is 12.1. The lowest BCUT2D eigenvalue weighted by atomic mass is 10.1. The van der Waals surface area contributed by atoms with E-state index in [1.165, 1.54) is 0 Å². The Morgan fingerprint density at radius 3 is 2.46 bits per heavy atom. The highest BCUT2D eigenvalue weighted by Gasteiger charge is 2.31. The van der Waals surface area contributed by atoms with E-state index in [1.807, 2.05) is 0 Å². The van der Waals surface area contributed by atoms with Crippen molar-refractivity contribution in [1.82, 2.24) is 15.3 Å². The van der Waals surface area contributed by atoms with Crippen molar-refractivity contribution in [3.63, 3.8) is 0 Å². The number of amides is 1. The molecule has 2 heterocycles. The largest absolute Gasteiger partial charge is 0.417 e. The summed E-state index contributed by atoms with van der Waals surface area (Å²) in [6.45, 7) is -0.229. The van der Waals surface area contributed by atoms with Gasteiger partial charge in [-0.25, -0.2) is 13.4 Å². The Kier molecular flexibility index (Phi) is 5.32. The minimum absolute atomic E-state index is 0.229. The van der Waals surface area contributed by atoms with Crippen LogP contribution in [-0.4, -0.2) is 36.6 Å². The van der Waals surface area contributed by atoms with Gasteiger partial charge in [-0.2, -0.15) is 13.2 Å². The zero-order chi connectivity index (χ0) is 20.4.